The van der Waals surface area contributed by atoms with E-state index in [9.17, 15) is 33.9 Å². The number of aromatic carboxylic acids is 1. The van der Waals surface area contributed by atoms with E-state index in [1.54, 1.807) is 55.5 Å². The first-order valence-corrected chi connectivity index (χ1v) is 22.1. The lowest BCUT2D eigenvalue weighted by molar-refractivity contribution is -0.138. The van der Waals surface area contributed by atoms with Crippen molar-refractivity contribution in [2.45, 2.75) is 60.3 Å². The first kappa shape index (κ1) is 48.7. The van der Waals surface area contributed by atoms with E-state index < -0.39 is 23.8 Å². The van der Waals surface area contributed by atoms with E-state index in [4.69, 9.17) is 9.15 Å². The summed E-state index contributed by atoms with van der Waals surface area (Å²) in [4.78, 5) is 76.1. The molecule has 3 aromatic carbocycles. The zero-order chi connectivity index (χ0) is 46.9. The molecule has 3 amide bonds. The van der Waals surface area contributed by atoms with Crippen LogP contribution in [-0.4, -0.2) is 86.9 Å². The summed E-state index contributed by atoms with van der Waals surface area (Å²) in [6, 6.07) is 23.8. The molecule has 14 nitrogen and oxygen atoms in total. The summed E-state index contributed by atoms with van der Waals surface area (Å²) >= 11 is 0. The molecular weight excluding hydrogens is 827 g/mol. The maximum atomic E-state index is 13.4. The number of nitrogens with one attached hydrogen (secondary N) is 3. The molecule has 0 unspecified atom stereocenters. The maximum absolute atomic E-state index is 13.4. The van der Waals surface area contributed by atoms with Gasteiger partial charge in [0, 0.05) is 66.1 Å². The van der Waals surface area contributed by atoms with E-state index in [-0.39, 0.29) is 48.7 Å². The summed E-state index contributed by atoms with van der Waals surface area (Å²) in [5.41, 5.74) is 5.21. The number of anilines is 2. The number of hydrogen-bond donors (Lipinski definition) is 4. The van der Waals surface area contributed by atoms with Gasteiger partial charge in [-0.25, -0.2) is 14.2 Å². The number of rotatable bonds is 22. The number of aldehydes is 1. The quantitative estimate of drug-likeness (QED) is 0.0104. The molecule has 14 heteroatoms. The van der Waals surface area contributed by atoms with Crippen LogP contribution in [0.4, 0.5) is 11.4 Å². The fraction of sp³-hybridized carbons (Fsp3) is 0.314. The van der Waals surface area contributed by atoms with E-state index in [1.165, 1.54) is 6.08 Å². The highest BCUT2D eigenvalue weighted by Crippen LogP contribution is 2.41. The summed E-state index contributed by atoms with van der Waals surface area (Å²) in [5.74, 6) is -2.38. The van der Waals surface area contributed by atoms with Crippen LogP contribution >= 0.6 is 0 Å². The van der Waals surface area contributed by atoms with Gasteiger partial charge < -0.3 is 35.1 Å². The summed E-state index contributed by atoms with van der Waals surface area (Å²) in [6.07, 6.45) is 6.60. The number of allylic oxidation sites excluding steroid dienone is 1. The van der Waals surface area contributed by atoms with Crippen LogP contribution in [0.2, 0.25) is 0 Å². The number of carbonyl (C=O) groups is 6. The number of benzene rings is 4. The Balaban J connectivity index is 1.16. The minimum Gasteiger partial charge on any atom is -0.478 e. The topological polar surface area (TPSA) is 187 Å². The van der Waals surface area contributed by atoms with Gasteiger partial charge in [-0.2, -0.15) is 0 Å². The van der Waals surface area contributed by atoms with Crippen molar-refractivity contribution in [2.75, 3.05) is 56.1 Å². The number of unbranched alkanes of at least 4 members (excludes halogenated alkanes) is 2. The molecule has 1 aliphatic carbocycles. The lowest BCUT2D eigenvalue weighted by atomic mass is 9.91. The summed E-state index contributed by atoms with van der Waals surface area (Å²) in [7, 11) is 0. The standard InChI is InChI=1S/C51H57N5O9/c1-6-55(7-2)38-22-25-41-44(31-38)65-45-32-39(56(8-3)9-4)23-26-42(45)48(41)36-19-24-40(43(30-36)50(61)62)49(60)52-28-13-11-12-14-46(58)53-33-47(59)54-37-20-16-34(17-21-37)15-18-35(27-29-57)51(63)64-10-5/h15-27,29-32H,6-14,28,33H2,1-5H3,(H3-,52,53,54,57,58,59,60,61,62)/p+1. The fourth-order valence-corrected chi connectivity index (χ4v) is 7.52. The number of fused-ring (bicyclic) bond motifs is 2. The molecule has 1 heterocycles. The average molecular weight is 885 g/mol. The zero-order valence-corrected chi connectivity index (χ0v) is 37.7. The molecule has 340 valence electrons. The van der Waals surface area contributed by atoms with Gasteiger partial charge in [0.2, 0.25) is 17.2 Å². The Kier molecular flexibility index (Phi) is 17.9. The molecule has 5 rings (SSSR count). The molecule has 0 aromatic heterocycles. The lowest BCUT2D eigenvalue weighted by Crippen LogP contribution is -2.32. The Bertz CT molecular complexity index is 2620. The average Bonchev–Trinajstić information content (AvgIpc) is 3.31. The van der Waals surface area contributed by atoms with Crippen LogP contribution < -0.4 is 30.8 Å². The number of carboxylic acids is 1. The highest BCUT2D eigenvalue weighted by atomic mass is 16.5. The van der Waals surface area contributed by atoms with Gasteiger partial charge in [0.15, 0.2) is 0 Å². The SMILES string of the molecule is CCOC(=O)C(=C\C=O)/C=C/c1ccc(NC(=O)CNC(=O)CCCCCNC(=O)c2ccc(-c3c4ccc(=[N+](CC)CC)cc-4oc4cc(N(CC)CC)ccc34)cc2C(=O)O)cc1. The number of carbonyl (C=O) groups excluding carboxylic acids is 5. The Morgan fingerprint density at radius 3 is 2.23 bits per heavy atom. The van der Waals surface area contributed by atoms with Gasteiger partial charge in [-0.05, 0) is 113 Å². The van der Waals surface area contributed by atoms with Gasteiger partial charge in [-0.3, -0.25) is 19.2 Å². The second kappa shape index (κ2) is 23.9. The maximum Gasteiger partial charge on any atom is 0.338 e. The van der Waals surface area contributed by atoms with Crippen LogP contribution in [0.5, 0.6) is 0 Å². The van der Waals surface area contributed by atoms with Gasteiger partial charge in [0.25, 0.3) is 5.91 Å². The summed E-state index contributed by atoms with van der Waals surface area (Å²) < 4.78 is 13.7. The van der Waals surface area contributed by atoms with Crippen LogP contribution in [0, 0.1) is 0 Å². The van der Waals surface area contributed by atoms with Crippen LogP contribution in [-0.2, 0) is 23.9 Å². The van der Waals surface area contributed by atoms with Gasteiger partial charge in [0.1, 0.15) is 30.7 Å². The third-order valence-electron chi connectivity index (χ3n) is 11.0. The molecule has 2 aliphatic rings. The third kappa shape index (κ3) is 12.9. The minimum absolute atomic E-state index is 0.0432. The molecule has 3 aromatic rings. The summed E-state index contributed by atoms with van der Waals surface area (Å²) in [6.45, 7) is 13.6. The Labute approximate surface area is 379 Å². The van der Waals surface area contributed by atoms with Crippen molar-refractivity contribution >= 4 is 64.4 Å². The van der Waals surface area contributed by atoms with Gasteiger partial charge in [0.05, 0.1) is 35.9 Å². The van der Waals surface area contributed by atoms with Gasteiger partial charge >= 0.3 is 11.9 Å². The molecular formula is C51H58N5O9+. The molecule has 0 spiro atoms. The second-order valence-corrected chi connectivity index (χ2v) is 15.1. The third-order valence-corrected chi connectivity index (χ3v) is 11.0. The molecule has 0 fully saturated rings. The van der Waals surface area contributed by atoms with Gasteiger partial charge in [-0.15, -0.1) is 0 Å². The molecule has 0 radical (unpaired) electrons. The number of hydrogen-bond acceptors (Lipinski definition) is 9. The number of esters is 1. The highest BCUT2D eigenvalue weighted by Gasteiger charge is 2.23. The Morgan fingerprint density at radius 2 is 1.55 bits per heavy atom. The Hall–Kier alpha value is -7.35. The molecule has 0 bridgehead atoms. The van der Waals surface area contributed by atoms with E-state index in [0.29, 0.717) is 53.7 Å². The smallest absolute Gasteiger partial charge is 0.338 e. The van der Waals surface area contributed by atoms with Crippen LogP contribution in [0.1, 0.15) is 86.6 Å². The van der Waals surface area contributed by atoms with Crippen molar-refractivity contribution in [3.8, 4) is 22.5 Å². The van der Waals surface area contributed by atoms with E-state index >= 15 is 0 Å². The van der Waals surface area contributed by atoms with Crippen LogP contribution in [0.15, 0.2) is 101 Å². The molecule has 4 N–H and O–H groups in total. The monoisotopic (exact) mass is 884 g/mol. The lowest BCUT2D eigenvalue weighted by Gasteiger charge is -2.22. The first-order valence-electron chi connectivity index (χ1n) is 22.1. The highest BCUT2D eigenvalue weighted by molar-refractivity contribution is 6.08. The van der Waals surface area contributed by atoms with Crippen molar-refractivity contribution in [1.29, 1.82) is 0 Å². The number of carboxylic acid groups (broad SMARTS) is 1. The number of ether oxygens (including phenoxy) is 1. The van der Waals surface area contributed by atoms with E-state index in [0.717, 1.165) is 59.8 Å². The van der Waals surface area contributed by atoms with Crippen molar-refractivity contribution in [3.63, 3.8) is 0 Å². The fourth-order valence-electron chi connectivity index (χ4n) is 7.52. The minimum atomic E-state index is -1.22. The largest absolute Gasteiger partial charge is 0.478 e. The molecule has 0 saturated carbocycles. The van der Waals surface area contributed by atoms with Crippen molar-refractivity contribution < 1.29 is 43.0 Å². The first-order chi connectivity index (χ1) is 31.4. The van der Waals surface area contributed by atoms with Gasteiger partial charge in [-0.1, -0.05) is 30.7 Å². The second-order valence-electron chi connectivity index (χ2n) is 15.1. The molecule has 0 atom stereocenters. The van der Waals surface area contributed by atoms with Crippen molar-refractivity contribution in [2.24, 2.45) is 0 Å². The van der Waals surface area contributed by atoms with E-state index in [2.05, 4.69) is 53.1 Å². The predicted octanol–water partition coefficient (Wildman–Crippen LogP) is 7.31. The van der Waals surface area contributed by atoms with E-state index in [1.807, 2.05) is 36.4 Å². The molecule has 1 aliphatic heterocycles. The summed E-state index contributed by atoms with van der Waals surface area (Å²) in [5, 5.41) is 20.3. The Morgan fingerprint density at radius 1 is 0.800 bits per heavy atom. The zero-order valence-electron chi connectivity index (χ0n) is 37.7. The number of nitrogens with zero attached hydrogens (tertiary/aromatic N) is 2. The normalized spacial score (nSPS) is 11.4. The number of amides is 3. The molecule has 0 saturated heterocycles. The predicted molar refractivity (Wildman–Crippen MR) is 254 cm³/mol. The van der Waals surface area contributed by atoms with Crippen LogP contribution in [0.25, 0.3) is 39.5 Å². The molecule has 65 heavy (non-hydrogen) atoms. The van der Waals surface area contributed by atoms with Crippen LogP contribution in [0.3, 0.4) is 0 Å². The van der Waals surface area contributed by atoms with Crippen molar-refractivity contribution in [1.82, 2.24) is 15.2 Å². The van der Waals surface area contributed by atoms with Crippen molar-refractivity contribution in [3.05, 3.63) is 119 Å².